The smallest absolute Gasteiger partial charge is 0.283 e. The van der Waals surface area contributed by atoms with E-state index < -0.39 is 5.91 Å². The van der Waals surface area contributed by atoms with Gasteiger partial charge in [0.1, 0.15) is 0 Å². The Hall–Kier alpha value is -1.43. The fourth-order valence-electron chi connectivity index (χ4n) is 1.52. The van der Waals surface area contributed by atoms with Gasteiger partial charge in [0.15, 0.2) is 5.15 Å². The Bertz CT molecular complexity index is 667. The zero-order valence-electron chi connectivity index (χ0n) is 10.8. The summed E-state index contributed by atoms with van der Waals surface area (Å²) in [5.74, 6) is -0.438. The predicted octanol–water partition coefficient (Wildman–Crippen LogP) is 3.85. The van der Waals surface area contributed by atoms with Crippen LogP contribution in [0.2, 0.25) is 10.2 Å². The summed E-state index contributed by atoms with van der Waals surface area (Å²) < 4.78 is 4.02. The zero-order valence-corrected chi connectivity index (χ0v) is 13.1. The van der Waals surface area contributed by atoms with Crippen molar-refractivity contribution in [1.82, 2.24) is 9.27 Å². The average Bonchev–Trinajstić information content (AvgIpc) is 2.78. The number of benzene rings is 1. The van der Waals surface area contributed by atoms with Crippen molar-refractivity contribution in [2.75, 3.05) is 14.1 Å². The molecule has 104 valence electrons. The molecular formula is C13H11Cl2N3OS. The molecule has 0 bridgehead atoms. The van der Waals surface area contributed by atoms with Gasteiger partial charge >= 0.3 is 0 Å². The van der Waals surface area contributed by atoms with E-state index in [0.717, 1.165) is 17.1 Å². The van der Waals surface area contributed by atoms with Gasteiger partial charge in [0, 0.05) is 24.7 Å². The number of rotatable bonds is 3. The quantitative estimate of drug-likeness (QED) is 0.635. The highest BCUT2D eigenvalue weighted by molar-refractivity contribution is 7.10. The van der Waals surface area contributed by atoms with Crippen LogP contribution in [0.25, 0.3) is 10.4 Å². The largest absolute Gasteiger partial charge is 0.369 e. The van der Waals surface area contributed by atoms with Crippen LogP contribution in [-0.2, 0) is 0 Å². The summed E-state index contributed by atoms with van der Waals surface area (Å²) in [5.41, 5.74) is 1.00. The molecule has 0 spiro atoms. The van der Waals surface area contributed by atoms with E-state index in [1.54, 1.807) is 25.1 Å². The number of nitrogens with zero attached hydrogens (tertiary/aromatic N) is 3. The lowest BCUT2D eigenvalue weighted by Gasteiger charge is -2.04. The van der Waals surface area contributed by atoms with Gasteiger partial charge in [-0.3, -0.25) is 4.79 Å². The fourth-order valence-corrected chi connectivity index (χ4v) is 2.95. The topological polar surface area (TPSA) is 45.6 Å². The van der Waals surface area contributed by atoms with E-state index in [-0.39, 0.29) is 10.7 Å². The molecule has 0 aliphatic carbocycles. The van der Waals surface area contributed by atoms with Crippen molar-refractivity contribution in [1.29, 1.82) is 0 Å². The first kappa shape index (κ1) is 15.0. The molecule has 0 fully saturated rings. The summed E-state index contributed by atoms with van der Waals surface area (Å²) in [7, 11) is 3.55. The molecule has 0 saturated carbocycles. The molecule has 1 aromatic carbocycles. The van der Waals surface area contributed by atoms with E-state index >= 15 is 0 Å². The van der Waals surface area contributed by atoms with Crippen molar-refractivity contribution in [3.8, 4) is 10.4 Å². The van der Waals surface area contributed by atoms with Gasteiger partial charge in [-0.25, -0.2) is 0 Å². The van der Waals surface area contributed by atoms with Gasteiger partial charge in [-0.1, -0.05) is 41.4 Å². The van der Waals surface area contributed by atoms with E-state index in [0.29, 0.717) is 9.90 Å². The SMILES string of the molecule is CN(C)C=NC(=O)c1c(Cl)nsc1-c1ccccc1Cl. The van der Waals surface area contributed by atoms with Gasteiger partial charge in [-0.2, -0.15) is 9.37 Å². The lowest BCUT2D eigenvalue weighted by molar-refractivity contribution is 0.100. The summed E-state index contributed by atoms with van der Waals surface area (Å²) in [5, 5.41) is 0.685. The number of aromatic nitrogens is 1. The third kappa shape index (κ3) is 3.17. The van der Waals surface area contributed by atoms with Crippen LogP contribution in [-0.4, -0.2) is 35.6 Å². The minimum absolute atomic E-state index is 0.144. The molecule has 2 rings (SSSR count). The first-order valence-electron chi connectivity index (χ1n) is 5.65. The molecule has 1 amide bonds. The second-order valence-corrected chi connectivity index (χ2v) is 5.71. The summed E-state index contributed by atoms with van der Waals surface area (Å²) >= 11 is 13.3. The molecule has 2 aromatic rings. The van der Waals surface area contributed by atoms with Crippen LogP contribution < -0.4 is 0 Å². The minimum atomic E-state index is -0.438. The minimum Gasteiger partial charge on any atom is -0.369 e. The number of aliphatic imine (C=N–C) groups is 1. The zero-order chi connectivity index (χ0) is 14.7. The van der Waals surface area contributed by atoms with Gasteiger partial charge in [0.25, 0.3) is 5.91 Å². The highest BCUT2D eigenvalue weighted by Crippen LogP contribution is 2.37. The summed E-state index contributed by atoms with van der Waals surface area (Å²) in [6.07, 6.45) is 1.42. The fraction of sp³-hybridized carbons (Fsp3) is 0.154. The van der Waals surface area contributed by atoms with Crippen molar-refractivity contribution < 1.29 is 4.79 Å². The van der Waals surface area contributed by atoms with E-state index in [1.807, 2.05) is 18.2 Å². The molecule has 0 N–H and O–H groups in total. The Morgan fingerprint density at radius 1 is 1.35 bits per heavy atom. The number of amides is 1. The lowest BCUT2D eigenvalue weighted by Crippen LogP contribution is -2.10. The highest BCUT2D eigenvalue weighted by atomic mass is 35.5. The second kappa shape index (κ2) is 6.35. The van der Waals surface area contributed by atoms with Crippen molar-refractivity contribution in [2.24, 2.45) is 4.99 Å². The van der Waals surface area contributed by atoms with Crippen LogP contribution in [0.4, 0.5) is 0 Å². The molecular weight excluding hydrogens is 317 g/mol. The highest BCUT2D eigenvalue weighted by Gasteiger charge is 2.21. The predicted molar refractivity (Wildman–Crippen MR) is 84.1 cm³/mol. The first-order chi connectivity index (χ1) is 9.50. The van der Waals surface area contributed by atoms with Crippen LogP contribution in [0.3, 0.4) is 0 Å². The standard InChI is InChI=1S/C13H11Cl2N3OS/c1-18(2)7-16-13(19)10-11(20-17-12(10)15)8-5-3-4-6-9(8)14/h3-7H,1-2H3. The average molecular weight is 328 g/mol. The third-order valence-electron chi connectivity index (χ3n) is 2.39. The van der Waals surface area contributed by atoms with Gasteiger partial charge in [0.2, 0.25) is 0 Å². The maximum Gasteiger partial charge on any atom is 0.283 e. The van der Waals surface area contributed by atoms with Gasteiger partial charge < -0.3 is 4.90 Å². The Balaban J connectivity index is 2.48. The maximum atomic E-state index is 12.2. The Morgan fingerprint density at radius 2 is 2.05 bits per heavy atom. The molecule has 0 aliphatic heterocycles. The van der Waals surface area contributed by atoms with Crippen molar-refractivity contribution in [2.45, 2.75) is 0 Å². The number of halogens is 2. The second-order valence-electron chi connectivity index (χ2n) is 4.17. The van der Waals surface area contributed by atoms with Crippen molar-refractivity contribution >= 4 is 47.0 Å². The Kier molecular flexibility index (Phi) is 4.75. The first-order valence-corrected chi connectivity index (χ1v) is 7.18. The number of carbonyl (C=O) groups is 1. The van der Waals surface area contributed by atoms with E-state index in [4.69, 9.17) is 23.2 Å². The molecule has 0 aliphatic rings. The number of carbonyl (C=O) groups excluding carboxylic acids is 1. The molecule has 0 unspecified atom stereocenters. The van der Waals surface area contributed by atoms with Crippen molar-refractivity contribution in [3.63, 3.8) is 0 Å². The van der Waals surface area contributed by atoms with Gasteiger partial charge in [0.05, 0.1) is 16.8 Å². The molecule has 0 saturated heterocycles. The summed E-state index contributed by atoms with van der Waals surface area (Å²) in [4.78, 5) is 18.3. The Morgan fingerprint density at radius 3 is 2.70 bits per heavy atom. The summed E-state index contributed by atoms with van der Waals surface area (Å²) in [6, 6.07) is 7.23. The molecule has 0 atom stereocenters. The van der Waals surface area contributed by atoms with Crippen molar-refractivity contribution in [3.05, 3.63) is 40.0 Å². The Labute approximate surface area is 130 Å². The van der Waals surface area contributed by atoms with Gasteiger partial charge in [-0.05, 0) is 17.6 Å². The lowest BCUT2D eigenvalue weighted by atomic mass is 10.1. The van der Waals surface area contributed by atoms with E-state index in [1.165, 1.54) is 6.34 Å². The molecule has 20 heavy (non-hydrogen) atoms. The van der Waals surface area contributed by atoms with E-state index in [2.05, 4.69) is 9.37 Å². The van der Waals surface area contributed by atoms with Crippen LogP contribution >= 0.6 is 34.7 Å². The monoisotopic (exact) mass is 327 g/mol. The molecule has 1 heterocycles. The molecule has 0 radical (unpaired) electrons. The molecule has 7 heteroatoms. The van der Waals surface area contributed by atoms with Gasteiger partial charge in [-0.15, -0.1) is 0 Å². The number of hydrogen-bond acceptors (Lipinski definition) is 3. The number of hydrogen-bond donors (Lipinski definition) is 0. The normalized spacial score (nSPS) is 11.0. The third-order valence-corrected chi connectivity index (χ3v) is 3.97. The molecule has 4 nitrogen and oxygen atoms in total. The van der Waals surface area contributed by atoms with Crippen LogP contribution in [0, 0.1) is 0 Å². The van der Waals surface area contributed by atoms with Crippen LogP contribution in [0.15, 0.2) is 29.3 Å². The summed E-state index contributed by atoms with van der Waals surface area (Å²) in [6.45, 7) is 0. The maximum absolute atomic E-state index is 12.2. The van der Waals surface area contributed by atoms with Crippen LogP contribution in [0.5, 0.6) is 0 Å². The van der Waals surface area contributed by atoms with E-state index in [9.17, 15) is 4.79 Å². The van der Waals surface area contributed by atoms with Crippen LogP contribution in [0.1, 0.15) is 10.4 Å². The molecule has 1 aromatic heterocycles.